The van der Waals surface area contributed by atoms with Gasteiger partial charge in [-0.15, -0.1) is 0 Å². The van der Waals surface area contributed by atoms with Gasteiger partial charge in [-0.05, 0) is 37.0 Å². The lowest BCUT2D eigenvalue weighted by Crippen LogP contribution is -2.05. The number of ether oxygens (including phenoxy) is 1. The second kappa shape index (κ2) is 6.35. The first-order valence-electron chi connectivity index (χ1n) is 6.87. The van der Waals surface area contributed by atoms with Crippen LogP contribution < -0.4 is 4.74 Å². The molecular weight excluding hydrogens is 268 g/mol. The summed E-state index contributed by atoms with van der Waals surface area (Å²) in [6.45, 7) is 5.93. The first-order valence-corrected chi connectivity index (χ1v) is 6.87. The Labute approximate surface area is 123 Å². The second-order valence-corrected chi connectivity index (χ2v) is 4.93. The summed E-state index contributed by atoms with van der Waals surface area (Å²) in [6, 6.07) is 9.13. The monoisotopic (exact) mass is 286 g/mol. The first-order chi connectivity index (χ1) is 10.0. The van der Waals surface area contributed by atoms with Gasteiger partial charge in [0.1, 0.15) is 5.75 Å². The summed E-state index contributed by atoms with van der Waals surface area (Å²) in [7, 11) is 0. The number of aromatic nitrogens is 2. The highest BCUT2D eigenvalue weighted by atomic mass is 16.5. The minimum Gasteiger partial charge on any atom is -0.477 e. The molecular formula is C16H18N2O3. The topological polar surface area (TPSA) is 72.3 Å². The molecule has 1 N–H and O–H groups in total. The molecule has 1 heterocycles. The Bertz CT molecular complexity index is 656. The molecule has 0 aliphatic carbocycles. The van der Waals surface area contributed by atoms with Crippen molar-refractivity contribution in [1.82, 2.24) is 9.97 Å². The van der Waals surface area contributed by atoms with Crippen LogP contribution in [0.3, 0.4) is 0 Å². The molecule has 2 rings (SSSR count). The van der Waals surface area contributed by atoms with E-state index >= 15 is 0 Å². The Hall–Kier alpha value is -2.43. The number of carboxylic acids is 1. The second-order valence-electron chi connectivity index (χ2n) is 4.93. The van der Waals surface area contributed by atoms with E-state index in [0.717, 1.165) is 12.0 Å². The normalized spacial score (nSPS) is 12.0. The number of rotatable bonds is 5. The molecule has 1 unspecified atom stereocenters. The minimum atomic E-state index is -1.10. The zero-order valence-electron chi connectivity index (χ0n) is 12.3. The summed E-state index contributed by atoms with van der Waals surface area (Å²) in [5.74, 6) is -0.0979. The van der Waals surface area contributed by atoms with E-state index < -0.39 is 5.97 Å². The van der Waals surface area contributed by atoms with Gasteiger partial charge in [0, 0.05) is 5.69 Å². The van der Waals surface area contributed by atoms with Crippen molar-refractivity contribution < 1.29 is 14.6 Å². The number of hydrogen-bond acceptors (Lipinski definition) is 4. The van der Waals surface area contributed by atoms with Crippen LogP contribution in [0.4, 0.5) is 0 Å². The van der Waals surface area contributed by atoms with Gasteiger partial charge in [0.2, 0.25) is 0 Å². The Morgan fingerprint density at radius 3 is 2.71 bits per heavy atom. The number of hydrogen-bond donors (Lipinski definition) is 1. The molecule has 0 saturated carbocycles. The fourth-order valence-corrected chi connectivity index (χ4v) is 2.00. The third kappa shape index (κ3) is 3.56. The number of aromatic carboxylic acids is 1. The lowest BCUT2D eigenvalue weighted by molar-refractivity contribution is 0.0689. The lowest BCUT2D eigenvalue weighted by atomic mass is 9.98. The minimum absolute atomic E-state index is 0.0585. The van der Waals surface area contributed by atoms with Gasteiger partial charge in [-0.3, -0.25) is 0 Å². The maximum atomic E-state index is 11.0. The van der Waals surface area contributed by atoms with Gasteiger partial charge in [-0.1, -0.05) is 32.0 Å². The molecule has 0 bridgehead atoms. The molecule has 1 atom stereocenters. The molecule has 0 radical (unpaired) electrons. The number of aryl methyl sites for hydroxylation is 1. The summed E-state index contributed by atoms with van der Waals surface area (Å²) < 4.78 is 5.72. The molecule has 110 valence electrons. The molecule has 0 aliphatic heterocycles. The van der Waals surface area contributed by atoms with Crippen LogP contribution in [0.15, 0.2) is 30.3 Å². The van der Waals surface area contributed by atoms with E-state index in [1.54, 1.807) is 6.92 Å². The van der Waals surface area contributed by atoms with Crippen LogP contribution >= 0.6 is 0 Å². The molecule has 5 heteroatoms. The van der Waals surface area contributed by atoms with E-state index in [1.807, 2.05) is 24.3 Å². The molecule has 0 aliphatic rings. The standard InChI is InChI=1S/C16H18N2O3/c1-4-10(2)12-7-5-6-8-14(12)21-16-17-11(3)9-13(18-16)15(19)20/h5-10H,4H2,1-3H3,(H,19,20). The molecule has 0 spiro atoms. The largest absolute Gasteiger partial charge is 0.477 e. The Morgan fingerprint density at radius 2 is 2.05 bits per heavy atom. The van der Waals surface area contributed by atoms with E-state index in [2.05, 4.69) is 23.8 Å². The van der Waals surface area contributed by atoms with Gasteiger partial charge in [0.05, 0.1) is 0 Å². The first kappa shape index (κ1) is 15.0. The molecule has 0 saturated heterocycles. The summed E-state index contributed by atoms with van der Waals surface area (Å²) in [4.78, 5) is 19.1. The van der Waals surface area contributed by atoms with Crippen molar-refractivity contribution in [2.24, 2.45) is 0 Å². The van der Waals surface area contributed by atoms with Crippen molar-refractivity contribution in [2.45, 2.75) is 33.1 Å². The van der Waals surface area contributed by atoms with Crippen LogP contribution in [0, 0.1) is 6.92 Å². The number of nitrogens with zero attached hydrogens (tertiary/aromatic N) is 2. The third-order valence-corrected chi connectivity index (χ3v) is 3.32. The molecule has 21 heavy (non-hydrogen) atoms. The summed E-state index contributed by atoms with van der Waals surface area (Å²) in [6.07, 6.45) is 0.982. The highest BCUT2D eigenvalue weighted by Gasteiger charge is 2.14. The zero-order chi connectivity index (χ0) is 15.4. The SMILES string of the molecule is CCC(C)c1ccccc1Oc1nc(C)cc(C(=O)O)n1. The molecule has 0 fully saturated rings. The van der Waals surface area contributed by atoms with Crippen molar-refractivity contribution >= 4 is 5.97 Å². The van der Waals surface area contributed by atoms with Crippen LogP contribution in [0.1, 0.15) is 47.9 Å². The number of carbonyl (C=O) groups is 1. The van der Waals surface area contributed by atoms with Crippen molar-refractivity contribution in [1.29, 1.82) is 0 Å². The molecule has 1 aromatic heterocycles. The van der Waals surface area contributed by atoms with Crippen LogP contribution in [-0.4, -0.2) is 21.0 Å². The van der Waals surface area contributed by atoms with E-state index in [4.69, 9.17) is 9.84 Å². The van der Waals surface area contributed by atoms with Gasteiger partial charge in [-0.2, -0.15) is 4.98 Å². The van der Waals surface area contributed by atoms with E-state index in [1.165, 1.54) is 6.07 Å². The average Bonchev–Trinajstić information content (AvgIpc) is 2.46. The van der Waals surface area contributed by atoms with Crippen LogP contribution in [0.25, 0.3) is 0 Å². The zero-order valence-corrected chi connectivity index (χ0v) is 12.3. The third-order valence-electron chi connectivity index (χ3n) is 3.32. The Morgan fingerprint density at radius 1 is 1.33 bits per heavy atom. The molecule has 2 aromatic rings. The van der Waals surface area contributed by atoms with Gasteiger partial charge in [-0.25, -0.2) is 9.78 Å². The molecule has 0 amide bonds. The van der Waals surface area contributed by atoms with Crippen molar-refractivity contribution in [3.63, 3.8) is 0 Å². The fraction of sp³-hybridized carbons (Fsp3) is 0.312. The fourth-order valence-electron chi connectivity index (χ4n) is 2.00. The Kier molecular flexibility index (Phi) is 4.52. The van der Waals surface area contributed by atoms with Gasteiger partial charge < -0.3 is 9.84 Å². The van der Waals surface area contributed by atoms with Gasteiger partial charge >= 0.3 is 12.0 Å². The predicted molar refractivity (Wildman–Crippen MR) is 79.0 cm³/mol. The maximum Gasteiger partial charge on any atom is 0.354 e. The van der Waals surface area contributed by atoms with Crippen molar-refractivity contribution in [3.05, 3.63) is 47.3 Å². The van der Waals surface area contributed by atoms with Gasteiger partial charge in [0.15, 0.2) is 5.69 Å². The lowest BCUT2D eigenvalue weighted by Gasteiger charge is -2.14. The maximum absolute atomic E-state index is 11.0. The van der Waals surface area contributed by atoms with E-state index in [-0.39, 0.29) is 11.7 Å². The number of carboxylic acid groups (broad SMARTS) is 1. The van der Waals surface area contributed by atoms with E-state index in [9.17, 15) is 4.79 Å². The number of benzene rings is 1. The van der Waals surface area contributed by atoms with Crippen molar-refractivity contribution in [2.75, 3.05) is 0 Å². The van der Waals surface area contributed by atoms with Crippen LogP contribution in [0.5, 0.6) is 11.8 Å². The quantitative estimate of drug-likeness (QED) is 0.905. The van der Waals surface area contributed by atoms with Crippen LogP contribution in [0.2, 0.25) is 0 Å². The van der Waals surface area contributed by atoms with Crippen LogP contribution in [-0.2, 0) is 0 Å². The summed E-state index contributed by atoms with van der Waals surface area (Å²) >= 11 is 0. The van der Waals surface area contributed by atoms with Crippen molar-refractivity contribution in [3.8, 4) is 11.8 Å². The van der Waals surface area contributed by atoms with Gasteiger partial charge in [0.25, 0.3) is 0 Å². The smallest absolute Gasteiger partial charge is 0.354 e. The number of para-hydroxylation sites is 1. The summed E-state index contributed by atoms with van der Waals surface area (Å²) in [5.41, 5.74) is 1.54. The predicted octanol–water partition coefficient (Wildman–Crippen LogP) is 3.79. The molecule has 1 aromatic carbocycles. The Balaban J connectivity index is 2.36. The summed E-state index contributed by atoms with van der Waals surface area (Å²) in [5, 5.41) is 9.03. The van der Waals surface area contributed by atoms with E-state index in [0.29, 0.717) is 17.4 Å². The average molecular weight is 286 g/mol. The molecule has 5 nitrogen and oxygen atoms in total. The highest BCUT2D eigenvalue weighted by molar-refractivity contribution is 5.85. The highest BCUT2D eigenvalue weighted by Crippen LogP contribution is 2.30.